The van der Waals surface area contributed by atoms with Gasteiger partial charge >= 0.3 is 36.2 Å². The van der Waals surface area contributed by atoms with Crippen LogP contribution in [0.15, 0.2) is 240 Å². The topological polar surface area (TPSA) is 470 Å². The number of quaternary nitrogens is 1. The second kappa shape index (κ2) is 53.2. The van der Waals surface area contributed by atoms with E-state index < -0.39 is 99.3 Å². The summed E-state index contributed by atoms with van der Waals surface area (Å²) in [5, 5.41) is 55.0. The zero-order chi connectivity index (χ0) is 109. The standard InChI is InChI=1S/C34H45N5O5Si.C32H40N4O6Si.C23H23N5O2.C13H16BrNO4.C8H8BrNO2.ClH/c1-34(2,3)44-33(41)36-29(32(40)38(4)5)24-14-12-13-23(19-24)25-20-27-30(26-15-10-11-16-28(26)42-6)37-39(31(27)35-21-25)22-43-17-18-45(7,8)9;1-32(2,3)42-31(39)34-27(30(37)38)22-12-10-11-21(17-22)23-18-25-28(24-13-8-9-14-26(24)40-4)35-36(29(25)33-19-23)20-41-15-16-43(5,6)7;1-28(2)23(29)20(24)15-8-6-7-14(11-15)16-12-18-21(26-27-22(18)25-13-16)17-9-4-5-10-19(17)30-3;1-13(2,3)19-12(18)15-10(11(16)17)8-5-4-6-9(14)7-8;9-6-3-1-2-5(4-6)7(10)8(11)12;/h10-16,19-21,29H,17-18,22H2,1-9H3,(H,36,41);8-14,17-19,27H,15-16,20H2,1-7H3,(H,34,39)(H,37,38);4-13,20H,24H2,1-3H3,(H,25,26,27);4-7,10H,1-3H3,(H,15,18)(H,16,17);1-4,7H,10H2,(H,11,12);1H. The number of ether oxygens (including phenoxy) is 8. The molecule has 0 aliphatic carbocycles. The highest BCUT2D eigenvalue weighted by molar-refractivity contribution is 9.10. The average Bonchev–Trinajstić information content (AvgIpc) is 1.64. The van der Waals surface area contributed by atoms with E-state index >= 15 is 0 Å². The highest BCUT2D eigenvalue weighted by atomic mass is 79.9. The Balaban J connectivity index is 0.000000220. The fraction of sp³-hybridized carbons (Fsp3) is 0.327. The van der Waals surface area contributed by atoms with Crippen LogP contribution in [0.3, 0.4) is 0 Å². The van der Waals surface area contributed by atoms with Crippen LogP contribution in [0.5, 0.6) is 17.2 Å². The number of carbonyl (C=O) groups excluding carboxylic acids is 5. The van der Waals surface area contributed by atoms with E-state index in [9.17, 15) is 48.6 Å². The van der Waals surface area contributed by atoms with Gasteiger partial charge in [-0.25, -0.2) is 53.1 Å². The van der Waals surface area contributed by atoms with Crippen molar-refractivity contribution in [1.82, 2.24) is 70.5 Å². The van der Waals surface area contributed by atoms with Gasteiger partial charge in [0.25, 0.3) is 0 Å². The number of pyridine rings is 3. The molecule has 14 rings (SSSR count). The number of rotatable bonds is 32. The molecule has 0 saturated carbocycles. The fourth-order valence-electron chi connectivity index (χ4n) is 14.9. The summed E-state index contributed by atoms with van der Waals surface area (Å²) in [6, 6.07) is 62.6. The number of fused-ring (bicyclic) bond motifs is 3. The van der Waals surface area contributed by atoms with Gasteiger partial charge in [0, 0.05) is 140 Å². The number of aromatic nitrogens is 9. The first-order valence-corrected chi connectivity index (χ1v) is 56.8. The first kappa shape index (κ1) is 119. The molecule has 8 aromatic carbocycles. The van der Waals surface area contributed by atoms with Gasteiger partial charge in [-0.15, -0.1) is 0 Å². The van der Waals surface area contributed by atoms with Crippen molar-refractivity contribution in [2.75, 3.05) is 62.7 Å². The SMILES string of the molecule is CC(C)(C)OC(=O)NC(C(=O)O)c1cccc(Br)c1.COc1ccccc1-c1[nH]nc2ncc(-c3cccc(C(N)C(=O)N(C)C)c3)cc12.COc1ccccc1-c1nn(COCC[Si](C)(C)C)c2ncc(-c3cccc(C(NC(=O)OC(C)(C)C)C(=O)N(C)C)c3)cc12.COc1ccccc1-c1nn(COCC[Si](C)(C)C)c2ncc(-c3cccc(C(NC(=O)OC(C)(C)C)C(=O)O)c3)cc12.[Cl-].[NH3+]C(C(=O)O)c1cccc(Br)c1. The molecule has 0 saturated heterocycles. The van der Waals surface area contributed by atoms with Gasteiger partial charge < -0.3 is 103 Å². The molecule has 0 spiro atoms. The van der Waals surface area contributed by atoms with E-state index in [1.54, 1.807) is 200 Å². The minimum atomic E-state index is -1.30. The summed E-state index contributed by atoms with van der Waals surface area (Å²) in [5.74, 6) is -1.55. The average molecular weight is 2230 g/mol. The number of aromatic amines is 1. The lowest BCUT2D eigenvalue weighted by atomic mass is 9.98. The molecule has 0 fully saturated rings. The van der Waals surface area contributed by atoms with Gasteiger partial charge in [-0.05, 0) is 210 Å². The zero-order valence-corrected chi connectivity index (χ0v) is 94.3. The molecular weight excluding hydrogens is 2100 g/mol. The summed E-state index contributed by atoms with van der Waals surface area (Å²) >= 11 is 6.52. The summed E-state index contributed by atoms with van der Waals surface area (Å²) in [6.07, 6.45) is 3.04. The van der Waals surface area contributed by atoms with E-state index in [0.717, 1.165) is 110 Å². The molecule has 12 N–H and O–H groups in total. The third-order valence-corrected chi connectivity index (χ3v) is 26.8. The molecule has 0 aliphatic rings. The number of carboxylic acid groups (broad SMARTS) is 3. The molecule has 5 atom stereocenters. The van der Waals surface area contributed by atoms with Gasteiger partial charge in [0.05, 0.1) is 27.0 Å². The number of hydrogen-bond acceptors (Lipinski definition) is 23. The second-order valence-corrected chi connectivity index (χ2v) is 53.7. The molecule has 0 aliphatic heterocycles. The van der Waals surface area contributed by atoms with E-state index in [4.69, 9.17) is 68.9 Å². The van der Waals surface area contributed by atoms with Crippen molar-refractivity contribution in [2.45, 2.75) is 174 Å². The van der Waals surface area contributed by atoms with Gasteiger partial charge in [0.2, 0.25) is 17.9 Å². The van der Waals surface area contributed by atoms with Crippen LogP contribution in [0.25, 0.3) is 100 Å². The molecular formula is C110H133Br2ClN16O19Si2. The minimum absolute atomic E-state index is 0. The highest BCUT2D eigenvalue weighted by Gasteiger charge is 2.33. The molecule has 6 aromatic heterocycles. The highest BCUT2D eigenvalue weighted by Crippen LogP contribution is 2.41. The number of amides is 5. The maximum Gasteiger partial charge on any atom is 0.408 e. The van der Waals surface area contributed by atoms with E-state index in [0.29, 0.717) is 69.6 Å². The summed E-state index contributed by atoms with van der Waals surface area (Å²) in [4.78, 5) is 113. The lowest BCUT2D eigenvalue weighted by molar-refractivity contribution is -0.413. The maximum absolute atomic E-state index is 13.2. The van der Waals surface area contributed by atoms with E-state index in [-0.39, 0.29) is 37.7 Å². The molecule has 0 bridgehead atoms. The second-order valence-electron chi connectivity index (χ2n) is 40.6. The van der Waals surface area contributed by atoms with Crippen LogP contribution in [-0.4, -0.2) is 214 Å². The van der Waals surface area contributed by atoms with Crippen LogP contribution < -0.4 is 54.0 Å². The third-order valence-electron chi connectivity index (χ3n) is 22.4. The molecule has 5 amide bonds. The number of benzene rings is 8. The molecule has 0 radical (unpaired) electrons. The molecule has 796 valence electrons. The third kappa shape index (κ3) is 34.4. The molecule has 14 aromatic rings. The lowest BCUT2D eigenvalue weighted by Crippen LogP contribution is -3.00. The summed E-state index contributed by atoms with van der Waals surface area (Å²) in [7, 11) is 9.12. The number of carboxylic acids is 3. The van der Waals surface area contributed by atoms with Gasteiger partial charge in [-0.1, -0.05) is 186 Å². The first-order valence-electron chi connectivity index (χ1n) is 47.8. The summed E-state index contributed by atoms with van der Waals surface area (Å²) in [5.41, 5.74) is 22.3. The number of aliphatic carboxylic acids is 3. The predicted octanol–water partition coefficient (Wildman–Crippen LogP) is 17.8. The van der Waals surface area contributed by atoms with Crippen molar-refractivity contribution in [2.24, 2.45) is 5.73 Å². The molecule has 6 heterocycles. The quantitative estimate of drug-likeness (QED) is 0.0107. The van der Waals surface area contributed by atoms with Crippen molar-refractivity contribution in [3.63, 3.8) is 0 Å². The first-order chi connectivity index (χ1) is 70.2. The number of likely N-dealkylation sites (N-methyl/N-ethyl adjacent to an activating group) is 2. The number of carbonyl (C=O) groups is 8. The Bertz CT molecular complexity index is 7050. The number of nitrogens with two attached hydrogens (primary N) is 1. The van der Waals surface area contributed by atoms with Crippen LogP contribution in [0.4, 0.5) is 14.4 Å². The number of methoxy groups -OCH3 is 3. The van der Waals surface area contributed by atoms with E-state index in [1.165, 1.54) is 9.80 Å². The number of para-hydroxylation sites is 3. The number of nitrogens with zero attached hydrogens (tertiary/aromatic N) is 10. The number of hydrogen-bond donors (Lipinski definition) is 9. The number of halogens is 3. The van der Waals surface area contributed by atoms with Crippen molar-refractivity contribution in [3.8, 4) is 84.4 Å². The molecule has 5 unspecified atom stereocenters. The van der Waals surface area contributed by atoms with Crippen LogP contribution >= 0.6 is 31.9 Å². The van der Waals surface area contributed by atoms with Gasteiger partial charge in [-0.2, -0.15) is 15.3 Å². The minimum Gasteiger partial charge on any atom is -1.00 e. The number of alkyl carbamates (subject to hydrolysis) is 3. The van der Waals surface area contributed by atoms with Gasteiger partial charge in [0.15, 0.2) is 29.0 Å². The number of nitrogens with one attached hydrogen (secondary N) is 4. The van der Waals surface area contributed by atoms with Crippen LogP contribution in [0.1, 0.15) is 120 Å². The molecule has 40 heteroatoms. The normalized spacial score (nSPS) is 12.4. The van der Waals surface area contributed by atoms with Crippen molar-refractivity contribution >= 4 is 129 Å². The predicted molar refractivity (Wildman–Crippen MR) is 587 cm³/mol. The van der Waals surface area contributed by atoms with Crippen molar-refractivity contribution in [3.05, 3.63) is 268 Å². The Morgan fingerprint density at radius 1 is 0.427 bits per heavy atom. The van der Waals surface area contributed by atoms with E-state index in [1.807, 2.05) is 152 Å². The number of H-pyrrole nitrogens is 1. The van der Waals surface area contributed by atoms with Crippen LogP contribution in [-0.2, 0) is 61.1 Å². The Labute approximate surface area is 897 Å². The Morgan fingerprint density at radius 3 is 1.15 bits per heavy atom. The smallest absolute Gasteiger partial charge is 0.408 e. The van der Waals surface area contributed by atoms with Gasteiger partial charge in [0.1, 0.15) is 71.0 Å². The van der Waals surface area contributed by atoms with Gasteiger partial charge in [-0.3, -0.25) is 14.7 Å². The van der Waals surface area contributed by atoms with Crippen molar-refractivity contribution in [1.29, 1.82) is 0 Å². The monoisotopic (exact) mass is 2230 g/mol. The summed E-state index contributed by atoms with van der Waals surface area (Å²) < 4.78 is 49.8. The van der Waals surface area contributed by atoms with E-state index in [2.05, 4.69) is 108 Å². The zero-order valence-electron chi connectivity index (χ0n) is 88.3. The van der Waals surface area contributed by atoms with Crippen LogP contribution in [0.2, 0.25) is 51.4 Å². The Kier molecular flexibility index (Phi) is 42.3. The maximum atomic E-state index is 13.2. The van der Waals surface area contributed by atoms with Crippen molar-refractivity contribution < 1.29 is 110 Å². The molecule has 150 heavy (non-hydrogen) atoms. The fourth-order valence-corrected chi connectivity index (χ4v) is 17.3. The Hall–Kier alpha value is -14.3. The summed E-state index contributed by atoms with van der Waals surface area (Å²) in [6.45, 7) is 31.4. The lowest BCUT2D eigenvalue weighted by Gasteiger charge is -2.25. The Morgan fingerprint density at radius 2 is 0.767 bits per heavy atom. The largest absolute Gasteiger partial charge is 1.00 e. The molecule has 35 nitrogen and oxygen atoms in total. The van der Waals surface area contributed by atoms with Crippen LogP contribution in [0, 0.1) is 0 Å².